The zero-order valence-electron chi connectivity index (χ0n) is 17.8. The van der Waals surface area contributed by atoms with E-state index < -0.39 is 5.91 Å². The number of hydrogen-bond donors (Lipinski definition) is 2. The number of anilines is 1. The van der Waals surface area contributed by atoms with Gasteiger partial charge in [-0.05, 0) is 42.0 Å². The predicted octanol–water partition coefficient (Wildman–Crippen LogP) is 3.78. The molecule has 0 unspecified atom stereocenters. The molecule has 0 saturated heterocycles. The van der Waals surface area contributed by atoms with Gasteiger partial charge in [-0.15, -0.1) is 0 Å². The summed E-state index contributed by atoms with van der Waals surface area (Å²) < 4.78 is 17.3. The van der Waals surface area contributed by atoms with Gasteiger partial charge in [0.2, 0.25) is 11.8 Å². The fourth-order valence-corrected chi connectivity index (χ4v) is 3.97. The molecule has 2 heterocycles. The van der Waals surface area contributed by atoms with Gasteiger partial charge in [-0.1, -0.05) is 17.4 Å². The quantitative estimate of drug-likeness (QED) is 0.406. The van der Waals surface area contributed by atoms with E-state index in [4.69, 9.17) is 19.9 Å². The smallest absolute Gasteiger partial charge is 0.254 e. The van der Waals surface area contributed by atoms with Gasteiger partial charge in [-0.2, -0.15) is 0 Å². The molecule has 2 amide bonds. The Bertz CT molecular complexity index is 1340. The van der Waals surface area contributed by atoms with Crippen LogP contribution >= 0.6 is 11.3 Å². The van der Waals surface area contributed by atoms with Crippen LogP contribution in [0.2, 0.25) is 0 Å². The zero-order chi connectivity index (χ0) is 23.4. The van der Waals surface area contributed by atoms with Crippen molar-refractivity contribution in [1.82, 2.24) is 9.97 Å². The van der Waals surface area contributed by atoms with E-state index in [0.29, 0.717) is 27.9 Å². The maximum Gasteiger partial charge on any atom is 0.254 e. The summed E-state index contributed by atoms with van der Waals surface area (Å²) in [6.07, 6.45) is 1.59. The Balaban J connectivity index is 1.47. The Morgan fingerprint density at radius 1 is 1.06 bits per heavy atom. The van der Waals surface area contributed by atoms with Crippen molar-refractivity contribution in [2.45, 2.75) is 6.42 Å². The third-order valence-electron chi connectivity index (χ3n) is 4.68. The van der Waals surface area contributed by atoms with Gasteiger partial charge in [0.15, 0.2) is 16.6 Å². The van der Waals surface area contributed by atoms with E-state index in [0.717, 1.165) is 10.2 Å². The molecule has 4 rings (SSSR count). The molecule has 0 aliphatic heterocycles. The fourth-order valence-electron chi connectivity index (χ4n) is 3.11. The number of ether oxygens (including phenoxy) is 3. The first-order valence-electron chi connectivity index (χ1n) is 9.81. The molecule has 9 nitrogen and oxygen atoms in total. The number of thiazole rings is 1. The van der Waals surface area contributed by atoms with Crippen LogP contribution in [-0.2, 0) is 11.2 Å². The average Bonchev–Trinajstić information content (AvgIpc) is 3.21. The van der Waals surface area contributed by atoms with Crippen LogP contribution in [0, 0.1) is 0 Å². The molecule has 0 spiro atoms. The minimum atomic E-state index is -0.654. The molecule has 0 aliphatic carbocycles. The summed E-state index contributed by atoms with van der Waals surface area (Å²) in [4.78, 5) is 32.7. The fraction of sp³-hybridized carbons (Fsp3) is 0.130. The molecule has 0 fully saturated rings. The minimum Gasteiger partial charge on any atom is -0.497 e. The van der Waals surface area contributed by atoms with Crippen molar-refractivity contribution in [1.29, 1.82) is 0 Å². The Morgan fingerprint density at radius 3 is 2.67 bits per heavy atom. The van der Waals surface area contributed by atoms with E-state index in [-0.39, 0.29) is 23.8 Å². The molecule has 0 aliphatic rings. The molecule has 4 aromatic rings. The number of amides is 2. The molecule has 0 bridgehead atoms. The van der Waals surface area contributed by atoms with Crippen molar-refractivity contribution in [2.24, 2.45) is 5.73 Å². The normalized spacial score (nSPS) is 10.6. The number of nitrogens with two attached hydrogens (primary N) is 1. The molecular weight excluding hydrogens is 444 g/mol. The molecule has 33 heavy (non-hydrogen) atoms. The number of aromatic nitrogens is 2. The molecule has 0 saturated carbocycles. The van der Waals surface area contributed by atoms with Crippen LogP contribution in [0.5, 0.6) is 23.1 Å². The summed E-state index contributed by atoms with van der Waals surface area (Å²) in [7, 11) is 3.07. The van der Waals surface area contributed by atoms with E-state index in [1.165, 1.54) is 30.7 Å². The van der Waals surface area contributed by atoms with Crippen LogP contribution in [0.3, 0.4) is 0 Å². The lowest BCUT2D eigenvalue weighted by molar-refractivity contribution is -0.115. The number of pyridine rings is 1. The highest BCUT2D eigenvalue weighted by molar-refractivity contribution is 7.22. The summed E-state index contributed by atoms with van der Waals surface area (Å²) in [5.41, 5.74) is 6.98. The van der Waals surface area contributed by atoms with Gasteiger partial charge in [0.1, 0.15) is 11.3 Å². The number of nitrogens with zero attached hydrogens (tertiary/aromatic N) is 2. The maximum atomic E-state index is 12.6. The number of primary amides is 1. The van der Waals surface area contributed by atoms with Gasteiger partial charge in [0.25, 0.3) is 5.91 Å². The number of methoxy groups -OCH3 is 2. The first kappa shape index (κ1) is 22.0. The van der Waals surface area contributed by atoms with Crippen LogP contribution in [0.1, 0.15) is 15.9 Å². The van der Waals surface area contributed by atoms with Crippen LogP contribution in [0.25, 0.3) is 10.2 Å². The number of rotatable bonds is 8. The Hall–Kier alpha value is -4.18. The summed E-state index contributed by atoms with van der Waals surface area (Å²) in [5.74, 6) is 0.613. The van der Waals surface area contributed by atoms with Crippen LogP contribution in [0.15, 0.2) is 54.7 Å². The number of carbonyl (C=O) groups is 2. The zero-order valence-corrected chi connectivity index (χ0v) is 18.6. The Kier molecular flexibility index (Phi) is 6.36. The molecule has 3 N–H and O–H groups in total. The van der Waals surface area contributed by atoms with E-state index >= 15 is 0 Å². The molecule has 0 radical (unpaired) electrons. The second-order valence-corrected chi connectivity index (χ2v) is 7.92. The predicted molar refractivity (Wildman–Crippen MR) is 124 cm³/mol. The highest BCUT2D eigenvalue weighted by Gasteiger charge is 2.15. The van der Waals surface area contributed by atoms with E-state index in [2.05, 4.69) is 15.3 Å². The Morgan fingerprint density at radius 2 is 1.91 bits per heavy atom. The first-order chi connectivity index (χ1) is 16.0. The highest BCUT2D eigenvalue weighted by atomic mass is 32.1. The summed E-state index contributed by atoms with van der Waals surface area (Å²) >= 11 is 1.38. The number of fused-ring (bicyclic) bond motifs is 1. The number of carbonyl (C=O) groups excluding carboxylic acids is 2. The number of nitrogens with one attached hydrogen (secondary N) is 1. The first-order valence-corrected chi connectivity index (χ1v) is 10.6. The molecule has 2 aromatic carbocycles. The third-order valence-corrected chi connectivity index (χ3v) is 5.63. The molecule has 0 atom stereocenters. The van der Waals surface area contributed by atoms with Gasteiger partial charge < -0.3 is 25.3 Å². The van der Waals surface area contributed by atoms with E-state index in [1.54, 1.807) is 31.4 Å². The number of benzene rings is 2. The largest absolute Gasteiger partial charge is 0.497 e. The minimum absolute atomic E-state index is 0.0706. The summed E-state index contributed by atoms with van der Waals surface area (Å²) in [5, 5.41) is 3.33. The van der Waals surface area contributed by atoms with Gasteiger partial charge in [-0.3, -0.25) is 9.59 Å². The van der Waals surface area contributed by atoms with Gasteiger partial charge in [0, 0.05) is 12.3 Å². The second kappa shape index (κ2) is 9.53. The Labute approximate surface area is 193 Å². The SMILES string of the molecule is COc1ccc2sc(NC(=O)Cc3ccc(Oc4ncccc4C(N)=O)c(OC)c3)nc2c1. The summed E-state index contributed by atoms with van der Waals surface area (Å²) in [6, 6.07) is 13.7. The lowest BCUT2D eigenvalue weighted by Crippen LogP contribution is -2.14. The van der Waals surface area contributed by atoms with Crippen molar-refractivity contribution >= 4 is 38.5 Å². The van der Waals surface area contributed by atoms with Crippen LogP contribution in [0.4, 0.5) is 5.13 Å². The second-order valence-electron chi connectivity index (χ2n) is 6.89. The van der Waals surface area contributed by atoms with Crippen molar-refractivity contribution in [2.75, 3.05) is 19.5 Å². The lowest BCUT2D eigenvalue weighted by Gasteiger charge is -2.12. The number of hydrogen-bond acceptors (Lipinski definition) is 8. The molecular formula is C23H20N4O5S. The maximum absolute atomic E-state index is 12.6. The monoisotopic (exact) mass is 464 g/mol. The van der Waals surface area contributed by atoms with Crippen molar-refractivity contribution < 1.29 is 23.8 Å². The topological polar surface area (TPSA) is 126 Å². The van der Waals surface area contributed by atoms with Gasteiger partial charge in [-0.25, -0.2) is 9.97 Å². The highest BCUT2D eigenvalue weighted by Crippen LogP contribution is 2.33. The van der Waals surface area contributed by atoms with Gasteiger partial charge in [0.05, 0.1) is 30.9 Å². The summed E-state index contributed by atoms with van der Waals surface area (Å²) in [6.45, 7) is 0. The molecule has 10 heteroatoms. The average molecular weight is 465 g/mol. The molecule has 2 aromatic heterocycles. The van der Waals surface area contributed by atoms with Crippen molar-refractivity contribution in [3.63, 3.8) is 0 Å². The van der Waals surface area contributed by atoms with Crippen molar-refractivity contribution in [3.05, 3.63) is 65.9 Å². The van der Waals surface area contributed by atoms with Gasteiger partial charge >= 0.3 is 0 Å². The van der Waals surface area contributed by atoms with E-state index in [9.17, 15) is 9.59 Å². The van der Waals surface area contributed by atoms with Crippen molar-refractivity contribution in [3.8, 4) is 23.1 Å². The lowest BCUT2D eigenvalue weighted by atomic mass is 10.1. The van der Waals surface area contributed by atoms with Crippen LogP contribution < -0.4 is 25.3 Å². The van der Waals surface area contributed by atoms with Crippen LogP contribution in [-0.4, -0.2) is 36.0 Å². The third kappa shape index (κ3) is 5.01. The van der Waals surface area contributed by atoms with E-state index in [1.807, 2.05) is 18.2 Å². The molecule has 168 valence electrons. The standard InChI is InChI=1S/C23H20N4O5S/c1-30-14-6-8-19-16(12-14)26-23(33-19)27-20(28)11-13-5-7-17(18(10-13)31-2)32-22-15(21(24)29)4-3-9-25-22/h3-10,12H,11H2,1-2H3,(H2,24,29)(H,26,27,28).